The zero-order valence-electron chi connectivity index (χ0n) is 70.6. The topological polar surface area (TPSA) is 548 Å². The second kappa shape index (κ2) is 41.5. The molecule has 0 aromatic carbocycles. The number of hydrogen-bond acceptors (Lipinski definition) is 30. The number of aromatic amines is 5. The lowest BCUT2D eigenvalue weighted by atomic mass is 9.88. The molecule has 136 heavy (non-hydrogen) atoms. The first-order valence-corrected chi connectivity index (χ1v) is 45.1. The van der Waals surface area contributed by atoms with Crippen molar-refractivity contribution in [3.63, 3.8) is 0 Å². The van der Waals surface area contributed by atoms with E-state index in [1.165, 1.54) is 70.7 Å². The van der Waals surface area contributed by atoms with Crippen LogP contribution >= 0.6 is 56.7 Å². The molecule has 0 atom stereocenters. The van der Waals surface area contributed by atoms with Gasteiger partial charge in [-0.1, -0.05) is 31.8 Å². The van der Waals surface area contributed by atoms with Crippen LogP contribution in [-0.2, 0) is 16.6 Å². The molecule has 44 nitrogen and oxygen atoms in total. The van der Waals surface area contributed by atoms with E-state index in [0.717, 1.165) is 40.7 Å². The first kappa shape index (κ1) is 92.7. The van der Waals surface area contributed by atoms with Crippen molar-refractivity contribution in [3.8, 4) is 75.6 Å². The summed E-state index contributed by atoms with van der Waals surface area (Å²) in [5.41, 5.74) is 9.17. The molecule has 5 amide bonds. The first-order chi connectivity index (χ1) is 65.9. The van der Waals surface area contributed by atoms with E-state index in [0.29, 0.717) is 101 Å². The molecule has 690 valence electrons. The molecule has 17 heterocycles. The minimum absolute atomic E-state index is 0.0631. The Kier molecular flexibility index (Phi) is 28.3. The van der Waals surface area contributed by atoms with Crippen molar-refractivity contribution in [3.05, 3.63) is 231 Å². The summed E-state index contributed by atoms with van der Waals surface area (Å²) in [5.74, 6) is -6.88. The third kappa shape index (κ3) is 22.1. The van der Waals surface area contributed by atoms with Crippen molar-refractivity contribution in [1.82, 2.24) is 135 Å². The Balaban J connectivity index is 0.000000123. The lowest BCUT2D eigenvalue weighted by molar-refractivity contribution is -0.123. The summed E-state index contributed by atoms with van der Waals surface area (Å²) >= 11 is 6.68. The highest BCUT2D eigenvalue weighted by molar-refractivity contribution is 7.14. The van der Waals surface area contributed by atoms with Gasteiger partial charge < -0.3 is 56.1 Å². The fourth-order valence-electron chi connectivity index (χ4n) is 13.7. The number of H-pyrrole nitrogens is 5. The number of ether oxygens (including phenoxy) is 1. The van der Waals surface area contributed by atoms with Crippen LogP contribution in [0.25, 0.3) is 90.2 Å². The fourth-order valence-corrected chi connectivity index (χ4v) is 17.6. The Bertz CT molecular complexity index is 6920. The van der Waals surface area contributed by atoms with Crippen molar-refractivity contribution in [1.29, 1.82) is 0 Å². The normalized spacial score (nSPS) is 15.8. The van der Waals surface area contributed by atoms with Gasteiger partial charge in [-0.2, -0.15) is 45.1 Å². The van der Waals surface area contributed by atoms with Gasteiger partial charge in [0.15, 0.2) is 0 Å². The Morgan fingerprint density at radius 3 is 1.03 bits per heavy atom. The number of aryl methyl sites for hydroxylation is 1. The molecule has 17 aromatic heterocycles. The second-order valence-corrected chi connectivity index (χ2v) is 34.3. The standard InChI is InChI=1S/2C19H15F2N7OS.C17H17N7O2S.C15H13N7O2S.C12H9N7OS.CH2O2/c2*20-19(21)5-12(6-19)28-9-14(16(27-28)13-3-1-2-4-22-13)25-17(29)15-10-30-18(26-15)11-7-23-24-8-11;1-3-26-12-4-11(5-12)24-8-13(15(18-2)23-24)21-16(25)14-9-27-17(22-14)10-6-19-20-7-10;1-16-13-11(6-22(21-13)9-2-10(23)3-9)19-14(24)12-7-25-15(20-12)8-4-17-18-5-8;1-13-10-8(5-19(2)18-10)16-11(20)9-6-21-12(17-9)7-3-14-15-4-7;2-1-3/h2*1-4,7-10,12H,5-6H2,(H,23,24)(H,25,29);6-9,11-12H,3-5H2,1H3,(H,19,20)(H,21,25);4-7,9-10,23H,2-3H2,(H,17,18)(H,19,24);3-6H,2H3,(H,14,15)(H,16,20);1H,(H,2,3). The van der Waals surface area contributed by atoms with E-state index in [1.54, 1.807) is 185 Å². The quantitative estimate of drug-likeness (QED) is 0.0161. The number of aliphatic hydroxyl groups is 1. The number of pyridine rings is 2. The van der Waals surface area contributed by atoms with Crippen LogP contribution in [0.15, 0.2) is 169 Å². The maximum Gasteiger partial charge on any atom is 0.318 e. The number of anilines is 5. The van der Waals surface area contributed by atoms with Crippen molar-refractivity contribution < 1.29 is 61.3 Å². The first-order valence-electron chi connectivity index (χ1n) is 40.7. The minimum Gasteiger partial charge on any atom is -0.483 e. The molecule has 21 rings (SSSR count). The van der Waals surface area contributed by atoms with Gasteiger partial charge in [-0.05, 0) is 72.2 Å². The van der Waals surface area contributed by atoms with E-state index in [9.17, 15) is 46.6 Å². The van der Waals surface area contributed by atoms with E-state index < -0.39 is 41.7 Å². The number of aliphatic hydroxyl groups excluding tert-OH is 1. The van der Waals surface area contributed by atoms with Gasteiger partial charge in [0.1, 0.15) is 64.9 Å². The molecular weight excluding hydrogens is 1870 g/mol. The zero-order chi connectivity index (χ0) is 95.2. The van der Waals surface area contributed by atoms with Gasteiger partial charge in [-0.25, -0.2) is 47.2 Å². The maximum absolute atomic E-state index is 13.3. The van der Waals surface area contributed by atoms with Gasteiger partial charge in [0.25, 0.3) is 47.9 Å². The molecule has 0 spiro atoms. The largest absolute Gasteiger partial charge is 0.483 e. The molecule has 0 radical (unpaired) electrons. The number of carbonyl (C=O) groups excluding carboxylic acids is 5. The molecule has 4 saturated carbocycles. The molecule has 4 aliphatic rings. The number of hydrogen-bond donors (Lipinski definition) is 12. The molecular formula is C83H71F4N35O9S5. The van der Waals surface area contributed by atoms with Crippen LogP contribution in [0.3, 0.4) is 0 Å². The number of nitrogens with one attached hydrogen (secondary N) is 10. The van der Waals surface area contributed by atoms with Crippen LogP contribution < -0.4 is 26.6 Å². The lowest BCUT2D eigenvalue weighted by Crippen LogP contribution is -2.37. The molecule has 0 saturated heterocycles. The summed E-state index contributed by atoms with van der Waals surface area (Å²) in [5, 5.41) is 95.8. The molecule has 0 unspecified atom stereocenters. The number of rotatable bonds is 23. The smallest absolute Gasteiger partial charge is 0.318 e. The molecule has 17 aromatic rings. The highest BCUT2D eigenvalue weighted by Gasteiger charge is 2.48. The Labute approximate surface area is 783 Å². The number of aromatic nitrogens is 27. The van der Waals surface area contributed by atoms with Gasteiger partial charge in [0.2, 0.25) is 0 Å². The summed E-state index contributed by atoms with van der Waals surface area (Å²) in [6.45, 7) is 24.0. The number of halogens is 4. The Morgan fingerprint density at radius 2 is 0.750 bits per heavy atom. The van der Waals surface area contributed by atoms with Crippen LogP contribution in [0.1, 0.15) is 135 Å². The predicted octanol–water partition coefficient (Wildman–Crippen LogP) is 15.3. The van der Waals surface area contributed by atoms with Crippen LogP contribution in [0.5, 0.6) is 0 Å². The monoisotopic (exact) mass is 1940 g/mol. The highest BCUT2D eigenvalue weighted by Crippen LogP contribution is 2.48. The second-order valence-electron chi connectivity index (χ2n) is 30.1. The minimum atomic E-state index is -2.67. The van der Waals surface area contributed by atoms with E-state index in [4.69, 9.17) is 34.4 Å². The molecule has 0 aliphatic heterocycles. The average Bonchev–Trinajstić information content (AvgIpc) is 1.60. The highest BCUT2D eigenvalue weighted by atomic mass is 32.1. The molecule has 53 heteroatoms. The third-order valence-corrected chi connectivity index (χ3v) is 25.1. The summed E-state index contributed by atoms with van der Waals surface area (Å²) in [7, 11) is 1.68. The van der Waals surface area contributed by atoms with Crippen LogP contribution in [0.2, 0.25) is 0 Å². The average molecular weight is 1940 g/mol. The summed E-state index contributed by atoms with van der Waals surface area (Å²) in [4.78, 5) is 111. The number of alkyl halides is 4. The summed E-state index contributed by atoms with van der Waals surface area (Å²) < 4.78 is 66.6. The van der Waals surface area contributed by atoms with Crippen molar-refractivity contribution >= 4 is 139 Å². The number of nitrogens with zero attached hydrogens (tertiary/aromatic N) is 25. The Morgan fingerprint density at radius 1 is 0.456 bits per heavy atom. The van der Waals surface area contributed by atoms with E-state index in [-0.39, 0.29) is 108 Å². The van der Waals surface area contributed by atoms with Crippen LogP contribution in [0, 0.1) is 19.7 Å². The van der Waals surface area contributed by atoms with Gasteiger partial charge in [0, 0.05) is 150 Å². The van der Waals surface area contributed by atoms with Gasteiger partial charge in [-0.3, -0.25) is 73.6 Å². The fraction of sp³-hybridized carbons (Fsp3) is 0.229. The summed E-state index contributed by atoms with van der Waals surface area (Å²) in [6.07, 6.45) is 29.7. The number of thiazole rings is 5. The SMILES string of the molecule is O=C(Nc1cn(C2CC(F)(F)C2)nc1-c1ccccn1)c1csc(-c2cn[nH]c2)n1.O=C(Nc1cn(C2CC(F)(F)C2)nc1-c1ccccn1)c1csc(-c2cn[nH]c2)n1.O=CO.[C-]#[N+]c1nn(C)cc1NC(=O)c1csc(-c2cn[nH]c2)n1.[C-]#[N+]c1nn(C2CC(O)C2)cc1NC(=O)c1csc(-c2cn[nH]c2)n1.[C-]#[N+]c1nn(C2CC(OCC)C2)cc1NC(=O)c1csc(-c2cn[nH]c2)n1. The lowest BCUT2D eigenvalue weighted by Gasteiger charge is -2.34. The van der Waals surface area contributed by atoms with Crippen molar-refractivity contribution in [2.24, 2.45) is 7.05 Å². The van der Waals surface area contributed by atoms with Gasteiger partial charge in [-0.15, -0.1) is 56.7 Å². The summed E-state index contributed by atoms with van der Waals surface area (Å²) in [6, 6.07) is 10.0. The number of carboxylic acid groups (broad SMARTS) is 1. The molecule has 4 fully saturated rings. The van der Waals surface area contributed by atoms with E-state index >= 15 is 0 Å². The van der Waals surface area contributed by atoms with Crippen molar-refractivity contribution in [2.75, 3.05) is 33.2 Å². The molecule has 0 bridgehead atoms. The maximum atomic E-state index is 13.3. The number of amides is 5. The van der Waals surface area contributed by atoms with E-state index in [1.807, 2.05) is 6.92 Å². The third-order valence-electron chi connectivity index (χ3n) is 20.7. The van der Waals surface area contributed by atoms with Gasteiger partial charge in [0.05, 0.1) is 126 Å². The zero-order valence-corrected chi connectivity index (χ0v) is 74.6. The van der Waals surface area contributed by atoms with Crippen molar-refractivity contribution in [2.45, 2.75) is 107 Å². The van der Waals surface area contributed by atoms with Crippen LogP contribution in [-0.4, -0.2) is 212 Å². The predicted molar refractivity (Wildman–Crippen MR) is 489 cm³/mol. The molecule has 4 aliphatic carbocycles. The number of carbonyl (C=O) groups is 6. The van der Waals surface area contributed by atoms with Gasteiger partial charge >= 0.3 is 17.5 Å². The van der Waals surface area contributed by atoms with Crippen LogP contribution in [0.4, 0.5) is 63.5 Å². The van der Waals surface area contributed by atoms with E-state index in [2.05, 4.69) is 152 Å². The Hall–Kier alpha value is -16.5. The molecule has 12 N–H and O–H groups in total.